The van der Waals surface area contributed by atoms with Gasteiger partial charge in [-0.15, -0.1) is 11.8 Å². The molecule has 0 unspecified atom stereocenters. The molecule has 0 saturated carbocycles. The van der Waals surface area contributed by atoms with E-state index in [4.69, 9.17) is 0 Å². The fourth-order valence-corrected chi connectivity index (χ4v) is 6.43. The van der Waals surface area contributed by atoms with Gasteiger partial charge in [0.25, 0.3) is 0 Å². The highest BCUT2D eigenvalue weighted by Crippen LogP contribution is 2.31. The first-order valence-electron chi connectivity index (χ1n) is 9.48. The standard InChI is InChI=1S/C20H19F2N3O3S3/c1-29-14-3-5-16-17(11-14)30-20(23-16)24-19(26)12-6-8-25(9-7-12)31(27,28)18-10-13(21)2-4-15(18)22/h2-5,10-12H,6-9H2,1H3,(H,23,24,26). The molecule has 31 heavy (non-hydrogen) atoms. The largest absolute Gasteiger partial charge is 0.302 e. The molecular formula is C20H19F2N3O3S3. The number of benzene rings is 2. The number of thiazole rings is 1. The van der Waals surface area contributed by atoms with Crippen LogP contribution in [0.2, 0.25) is 0 Å². The van der Waals surface area contributed by atoms with Crippen molar-refractivity contribution in [2.75, 3.05) is 24.7 Å². The fraction of sp³-hybridized carbons (Fsp3) is 0.300. The average Bonchev–Trinajstić information content (AvgIpc) is 3.16. The predicted molar refractivity (Wildman–Crippen MR) is 118 cm³/mol. The summed E-state index contributed by atoms with van der Waals surface area (Å²) in [7, 11) is -4.17. The van der Waals surface area contributed by atoms with E-state index < -0.39 is 32.5 Å². The minimum absolute atomic E-state index is 0.0489. The van der Waals surface area contributed by atoms with Crippen LogP contribution in [0.3, 0.4) is 0 Å². The van der Waals surface area contributed by atoms with E-state index in [0.717, 1.165) is 31.6 Å². The van der Waals surface area contributed by atoms with E-state index in [0.29, 0.717) is 11.2 Å². The number of nitrogens with zero attached hydrogens (tertiary/aromatic N) is 2. The number of nitrogens with one attached hydrogen (secondary N) is 1. The van der Waals surface area contributed by atoms with Crippen LogP contribution in [-0.4, -0.2) is 43.0 Å². The topological polar surface area (TPSA) is 79.4 Å². The number of carbonyl (C=O) groups excluding carboxylic acids is 1. The van der Waals surface area contributed by atoms with Crippen molar-refractivity contribution in [3.63, 3.8) is 0 Å². The number of rotatable bonds is 5. The molecule has 3 aromatic rings. The summed E-state index contributed by atoms with van der Waals surface area (Å²) in [5.41, 5.74) is 0.802. The highest BCUT2D eigenvalue weighted by atomic mass is 32.2. The minimum Gasteiger partial charge on any atom is -0.302 e. The highest BCUT2D eigenvalue weighted by molar-refractivity contribution is 7.98. The minimum atomic E-state index is -4.17. The predicted octanol–water partition coefficient (Wildman–Crippen LogP) is 4.34. The summed E-state index contributed by atoms with van der Waals surface area (Å²) in [6.07, 6.45) is 2.55. The summed E-state index contributed by atoms with van der Waals surface area (Å²) in [5, 5.41) is 3.32. The third-order valence-corrected chi connectivity index (χ3v) is 8.73. The Balaban J connectivity index is 1.41. The number of piperidine rings is 1. The molecule has 1 fully saturated rings. The van der Waals surface area contributed by atoms with Gasteiger partial charge < -0.3 is 5.32 Å². The lowest BCUT2D eigenvalue weighted by atomic mass is 9.97. The molecule has 0 aliphatic carbocycles. The van der Waals surface area contributed by atoms with Crippen LogP contribution in [0, 0.1) is 17.6 Å². The van der Waals surface area contributed by atoms with Gasteiger partial charge in [0.05, 0.1) is 10.2 Å². The van der Waals surface area contributed by atoms with Crippen molar-refractivity contribution in [3.05, 3.63) is 48.0 Å². The van der Waals surface area contributed by atoms with Crippen molar-refractivity contribution < 1.29 is 22.0 Å². The molecule has 1 aliphatic rings. The maximum atomic E-state index is 14.0. The number of thioether (sulfide) groups is 1. The van der Waals surface area contributed by atoms with Crippen LogP contribution in [0.25, 0.3) is 10.2 Å². The molecule has 4 rings (SSSR count). The Morgan fingerprint density at radius 2 is 1.94 bits per heavy atom. The number of carbonyl (C=O) groups is 1. The average molecular weight is 484 g/mol. The molecule has 11 heteroatoms. The van der Waals surface area contributed by atoms with Crippen LogP contribution in [0.5, 0.6) is 0 Å². The van der Waals surface area contributed by atoms with Crippen molar-refractivity contribution in [2.24, 2.45) is 5.92 Å². The highest BCUT2D eigenvalue weighted by Gasteiger charge is 2.34. The summed E-state index contributed by atoms with van der Waals surface area (Å²) in [5.74, 6) is -2.44. The molecule has 2 aromatic carbocycles. The number of sulfonamides is 1. The quantitative estimate of drug-likeness (QED) is 0.547. The molecule has 1 amide bonds. The van der Waals surface area contributed by atoms with Crippen LogP contribution < -0.4 is 5.32 Å². The number of aromatic nitrogens is 1. The SMILES string of the molecule is CSc1ccc2nc(NC(=O)C3CCN(S(=O)(=O)c4cc(F)ccc4F)CC3)sc2c1. The normalized spacial score (nSPS) is 16.0. The van der Waals surface area contributed by atoms with Crippen molar-refractivity contribution in [2.45, 2.75) is 22.6 Å². The number of amides is 1. The molecule has 0 radical (unpaired) electrons. The van der Waals surface area contributed by atoms with E-state index in [1.165, 1.54) is 11.3 Å². The molecular weight excluding hydrogens is 464 g/mol. The molecule has 1 aromatic heterocycles. The Bertz CT molecular complexity index is 1240. The van der Waals surface area contributed by atoms with Crippen LogP contribution >= 0.6 is 23.1 Å². The van der Waals surface area contributed by atoms with Crippen molar-refractivity contribution in [1.82, 2.24) is 9.29 Å². The Hall–Kier alpha value is -2.08. The molecule has 0 atom stereocenters. The third kappa shape index (κ3) is 4.59. The van der Waals surface area contributed by atoms with Gasteiger partial charge in [0.2, 0.25) is 15.9 Å². The number of halogens is 2. The Kier molecular flexibility index (Phi) is 6.29. The molecule has 1 saturated heterocycles. The third-order valence-electron chi connectivity index (χ3n) is 5.16. The van der Waals surface area contributed by atoms with Crippen LogP contribution in [0.1, 0.15) is 12.8 Å². The smallest absolute Gasteiger partial charge is 0.246 e. The second-order valence-corrected chi connectivity index (χ2v) is 10.9. The molecule has 0 spiro atoms. The number of fused-ring (bicyclic) bond motifs is 1. The van der Waals surface area contributed by atoms with Gasteiger partial charge in [0.15, 0.2) is 5.13 Å². The fourth-order valence-electron chi connectivity index (χ4n) is 3.47. The van der Waals surface area contributed by atoms with E-state index in [1.54, 1.807) is 11.8 Å². The summed E-state index contributed by atoms with van der Waals surface area (Å²) in [4.78, 5) is 17.5. The molecule has 2 heterocycles. The Morgan fingerprint density at radius 3 is 2.65 bits per heavy atom. The maximum Gasteiger partial charge on any atom is 0.246 e. The van der Waals surface area contributed by atoms with E-state index in [2.05, 4.69) is 10.3 Å². The zero-order valence-corrected chi connectivity index (χ0v) is 18.9. The second kappa shape index (κ2) is 8.81. The van der Waals surface area contributed by atoms with Gasteiger partial charge in [-0.2, -0.15) is 4.31 Å². The summed E-state index contributed by atoms with van der Waals surface area (Å²) in [6.45, 7) is 0.0978. The lowest BCUT2D eigenvalue weighted by Crippen LogP contribution is -2.41. The molecule has 6 nitrogen and oxygen atoms in total. The van der Waals surface area contributed by atoms with E-state index in [-0.39, 0.29) is 31.8 Å². The molecule has 164 valence electrons. The summed E-state index contributed by atoms with van der Waals surface area (Å²) < 4.78 is 54.8. The number of hydrogen-bond acceptors (Lipinski definition) is 6. The molecule has 1 aliphatic heterocycles. The summed E-state index contributed by atoms with van der Waals surface area (Å²) in [6, 6.07) is 8.23. The number of hydrogen-bond donors (Lipinski definition) is 1. The lowest BCUT2D eigenvalue weighted by Gasteiger charge is -2.30. The summed E-state index contributed by atoms with van der Waals surface area (Å²) >= 11 is 3.01. The maximum absolute atomic E-state index is 14.0. The molecule has 1 N–H and O–H groups in total. The zero-order valence-electron chi connectivity index (χ0n) is 16.5. The van der Waals surface area contributed by atoms with Crippen molar-refractivity contribution in [3.8, 4) is 0 Å². The first-order chi connectivity index (χ1) is 14.8. The van der Waals surface area contributed by atoms with E-state index >= 15 is 0 Å². The van der Waals surface area contributed by atoms with Gasteiger partial charge in [0.1, 0.15) is 16.5 Å². The second-order valence-electron chi connectivity index (χ2n) is 7.10. The van der Waals surface area contributed by atoms with E-state index in [9.17, 15) is 22.0 Å². The molecule has 0 bridgehead atoms. The Morgan fingerprint density at radius 1 is 1.19 bits per heavy atom. The van der Waals surface area contributed by atoms with Crippen LogP contribution in [0.15, 0.2) is 46.2 Å². The van der Waals surface area contributed by atoms with Gasteiger partial charge in [0, 0.05) is 23.9 Å². The van der Waals surface area contributed by atoms with Gasteiger partial charge in [-0.3, -0.25) is 4.79 Å². The number of anilines is 1. The van der Waals surface area contributed by atoms with Gasteiger partial charge >= 0.3 is 0 Å². The van der Waals surface area contributed by atoms with Gasteiger partial charge in [-0.25, -0.2) is 22.2 Å². The van der Waals surface area contributed by atoms with Crippen molar-refractivity contribution >= 4 is 54.4 Å². The monoisotopic (exact) mass is 483 g/mol. The van der Waals surface area contributed by atoms with Gasteiger partial charge in [-0.05, 0) is 55.5 Å². The first kappa shape index (κ1) is 22.1. The van der Waals surface area contributed by atoms with Crippen LogP contribution in [-0.2, 0) is 14.8 Å². The zero-order chi connectivity index (χ0) is 22.2. The van der Waals surface area contributed by atoms with E-state index in [1.807, 2.05) is 24.5 Å². The first-order valence-corrected chi connectivity index (χ1v) is 13.0. The van der Waals surface area contributed by atoms with Crippen LogP contribution in [0.4, 0.5) is 13.9 Å². The van der Waals surface area contributed by atoms with Crippen molar-refractivity contribution in [1.29, 1.82) is 0 Å². The Labute approximate surface area is 186 Å². The van der Waals surface area contributed by atoms with Gasteiger partial charge in [-0.1, -0.05) is 11.3 Å². The lowest BCUT2D eigenvalue weighted by molar-refractivity contribution is -0.120.